The van der Waals surface area contributed by atoms with E-state index in [1.165, 1.54) is 6.07 Å². The van der Waals surface area contributed by atoms with Crippen LogP contribution in [0.15, 0.2) is 42.5 Å². The Morgan fingerprint density at radius 1 is 1.00 bits per heavy atom. The number of nitrogen functional groups attached to an aromatic ring is 1. The highest BCUT2D eigenvalue weighted by Crippen LogP contribution is 2.28. The second kappa shape index (κ2) is 3.73. The number of rotatable bonds is 1. The van der Waals surface area contributed by atoms with Crippen LogP contribution in [0, 0.1) is 12.7 Å². The Hall–Kier alpha value is -1.83. The zero-order valence-corrected chi connectivity index (χ0v) is 8.50. The van der Waals surface area contributed by atoms with Crippen LogP contribution in [0.2, 0.25) is 0 Å². The summed E-state index contributed by atoms with van der Waals surface area (Å²) < 4.78 is 13.5. The van der Waals surface area contributed by atoms with Gasteiger partial charge in [-0.3, -0.25) is 0 Å². The van der Waals surface area contributed by atoms with Crippen LogP contribution in [0.3, 0.4) is 0 Å². The molecule has 0 aliphatic rings. The van der Waals surface area contributed by atoms with E-state index in [4.69, 9.17) is 5.73 Å². The summed E-state index contributed by atoms with van der Waals surface area (Å²) in [7, 11) is 0. The number of aryl methyl sites for hydroxylation is 1. The van der Waals surface area contributed by atoms with Crippen molar-refractivity contribution < 1.29 is 4.39 Å². The Morgan fingerprint density at radius 3 is 2.40 bits per heavy atom. The first kappa shape index (κ1) is 9.71. The fourth-order valence-electron chi connectivity index (χ4n) is 1.61. The summed E-state index contributed by atoms with van der Waals surface area (Å²) >= 11 is 0. The van der Waals surface area contributed by atoms with Crippen molar-refractivity contribution in [2.45, 2.75) is 6.92 Å². The molecule has 2 aromatic rings. The number of hydrogen-bond donors (Lipinski definition) is 1. The topological polar surface area (TPSA) is 26.0 Å². The summed E-state index contributed by atoms with van der Waals surface area (Å²) in [5.74, 6) is -0.243. The molecule has 0 atom stereocenters. The third-order valence-corrected chi connectivity index (χ3v) is 2.37. The first-order chi connectivity index (χ1) is 7.18. The van der Waals surface area contributed by atoms with Crippen LogP contribution < -0.4 is 5.73 Å². The molecule has 2 heteroatoms. The second-order valence-electron chi connectivity index (χ2n) is 3.57. The highest BCUT2D eigenvalue weighted by molar-refractivity contribution is 5.77. The molecule has 0 bridgehead atoms. The highest BCUT2D eigenvalue weighted by Gasteiger charge is 2.06. The third-order valence-electron chi connectivity index (χ3n) is 2.37. The smallest absolute Gasteiger partial charge is 0.131 e. The van der Waals surface area contributed by atoms with Gasteiger partial charge in [0.15, 0.2) is 0 Å². The fraction of sp³-hybridized carbons (Fsp3) is 0.0769. The van der Waals surface area contributed by atoms with E-state index in [1.807, 2.05) is 25.1 Å². The third kappa shape index (κ3) is 1.84. The number of hydrogen-bond acceptors (Lipinski definition) is 1. The van der Waals surface area contributed by atoms with Gasteiger partial charge in [0, 0.05) is 16.8 Å². The molecule has 0 amide bonds. The van der Waals surface area contributed by atoms with Crippen molar-refractivity contribution in [1.29, 1.82) is 0 Å². The predicted molar refractivity (Wildman–Crippen MR) is 61.0 cm³/mol. The highest BCUT2D eigenvalue weighted by atomic mass is 19.1. The average Bonchev–Trinajstić information content (AvgIpc) is 2.20. The Morgan fingerprint density at radius 2 is 1.73 bits per heavy atom. The standard InChI is InChI=1S/C13H12FN/c1-9-6-7-11(13(15)8-9)10-4-2-3-5-12(10)14/h2-8H,15H2,1H3. The number of halogens is 1. The summed E-state index contributed by atoms with van der Waals surface area (Å²) in [6, 6.07) is 12.3. The molecule has 0 saturated heterocycles. The van der Waals surface area contributed by atoms with Gasteiger partial charge in [0.25, 0.3) is 0 Å². The minimum absolute atomic E-state index is 0.243. The van der Waals surface area contributed by atoms with E-state index < -0.39 is 0 Å². The van der Waals surface area contributed by atoms with Crippen LogP contribution in [0.1, 0.15) is 5.56 Å². The SMILES string of the molecule is Cc1ccc(-c2ccccc2F)c(N)c1. The molecular weight excluding hydrogens is 189 g/mol. The predicted octanol–water partition coefficient (Wildman–Crippen LogP) is 3.38. The molecular formula is C13H12FN. The van der Waals surface area contributed by atoms with Crippen molar-refractivity contribution in [2.24, 2.45) is 0 Å². The zero-order chi connectivity index (χ0) is 10.8. The maximum atomic E-state index is 13.5. The van der Waals surface area contributed by atoms with Crippen molar-refractivity contribution in [3.8, 4) is 11.1 Å². The molecule has 2 aromatic carbocycles. The van der Waals surface area contributed by atoms with E-state index in [1.54, 1.807) is 18.2 Å². The van der Waals surface area contributed by atoms with Gasteiger partial charge in [0.05, 0.1) is 0 Å². The van der Waals surface area contributed by atoms with Crippen LogP contribution in [-0.4, -0.2) is 0 Å². The molecule has 2 N–H and O–H groups in total. The summed E-state index contributed by atoms with van der Waals surface area (Å²) in [6.07, 6.45) is 0. The molecule has 1 nitrogen and oxygen atoms in total. The molecule has 0 aromatic heterocycles. The molecule has 0 aliphatic heterocycles. The molecule has 0 unspecified atom stereocenters. The van der Waals surface area contributed by atoms with Crippen LogP contribution in [0.4, 0.5) is 10.1 Å². The van der Waals surface area contributed by atoms with Gasteiger partial charge in [-0.25, -0.2) is 4.39 Å². The lowest BCUT2D eigenvalue weighted by Crippen LogP contribution is -1.92. The molecule has 0 aliphatic carbocycles. The maximum Gasteiger partial charge on any atom is 0.131 e. The first-order valence-corrected chi connectivity index (χ1v) is 4.79. The van der Waals surface area contributed by atoms with E-state index >= 15 is 0 Å². The first-order valence-electron chi connectivity index (χ1n) is 4.79. The fourth-order valence-corrected chi connectivity index (χ4v) is 1.61. The van der Waals surface area contributed by atoms with Gasteiger partial charge in [-0.1, -0.05) is 30.3 Å². The molecule has 2 rings (SSSR count). The maximum absolute atomic E-state index is 13.5. The largest absolute Gasteiger partial charge is 0.398 e. The number of benzene rings is 2. The van der Waals surface area contributed by atoms with Crippen molar-refractivity contribution in [2.75, 3.05) is 5.73 Å². The summed E-state index contributed by atoms with van der Waals surface area (Å²) in [5.41, 5.74) is 8.84. The average molecular weight is 201 g/mol. The number of anilines is 1. The van der Waals surface area contributed by atoms with E-state index in [-0.39, 0.29) is 5.82 Å². The lowest BCUT2D eigenvalue weighted by Gasteiger charge is -2.07. The molecule has 76 valence electrons. The van der Waals surface area contributed by atoms with Crippen LogP contribution in [-0.2, 0) is 0 Å². The summed E-state index contributed by atoms with van der Waals surface area (Å²) in [5, 5.41) is 0. The van der Waals surface area contributed by atoms with Crippen molar-refractivity contribution >= 4 is 5.69 Å². The number of nitrogens with two attached hydrogens (primary N) is 1. The van der Waals surface area contributed by atoms with Crippen molar-refractivity contribution in [3.63, 3.8) is 0 Å². The summed E-state index contributed by atoms with van der Waals surface area (Å²) in [6.45, 7) is 1.96. The quantitative estimate of drug-likeness (QED) is 0.703. The minimum Gasteiger partial charge on any atom is -0.398 e. The van der Waals surface area contributed by atoms with Gasteiger partial charge >= 0.3 is 0 Å². The van der Waals surface area contributed by atoms with Crippen LogP contribution in [0.5, 0.6) is 0 Å². The van der Waals surface area contributed by atoms with E-state index in [2.05, 4.69) is 0 Å². The van der Waals surface area contributed by atoms with Gasteiger partial charge in [0.2, 0.25) is 0 Å². The monoisotopic (exact) mass is 201 g/mol. The molecule has 0 heterocycles. The van der Waals surface area contributed by atoms with Crippen LogP contribution in [0.25, 0.3) is 11.1 Å². The van der Waals surface area contributed by atoms with Gasteiger partial charge in [-0.05, 0) is 24.6 Å². The van der Waals surface area contributed by atoms with Gasteiger partial charge in [0.1, 0.15) is 5.82 Å². The summed E-state index contributed by atoms with van der Waals surface area (Å²) in [4.78, 5) is 0. The van der Waals surface area contributed by atoms with Gasteiger partial charge < -0.3 is 5.73 Å². The van der Waals surface area contributed by atoms with Crippen molar-refractivity contribution in [3.05, 3.63) is 53.8 Å². The normalized spacial score (nSPS) is 10.3. The van der Waals surface area contributed by atoms with E-state index in [9.17, 15) is 4.39 Å². The van der Waals surface area contributed by atoms with Crippen molar-refractivity contribution in [1.82, 2.24) is 0 Å². The van der Waals surface area contributed by atoms with E-state index in [0.29, 0.717) is 11.3 Å². The van der Waals surface area contributed by atoms with Gasteiger partial charge in [-0.2, -0.15) is 0 Å². The Kier molecular flexibility index (Phi) is 2.42. The zero-order valence-electron chi connectivity index (χ0n) is 8.50. The van der Waals surface area contributed by atoms with E-state index in [0.717, 1.165) is 11.1 Å². The Bertz CT molecular complexity index is 492. The molecule has 0 spiro atoms. The second-order valence-corrected chi connectivity index (χ2v) is 3.57. The minimum atomic E-state index is -0.243. The lowest BCUT2D eigenvalue weighted by molar-refractivity contribution is 0.631. The lowest BCUT2D eigenvalue weighted by atomic mass is 10.0. The Balaban J connectivity index is 2.60. The Labute approximate surface area is 88.4 Å². The molecule has 0 fully saturated rings. The van der Waals surface area contributed by atoms with Crippen LogP contribution >= 0.6 is 0 Å². The molecule has 0 radical (unpaired) electrons. The van der Waals surface area contributed by atoms with Gasteiger partial charge in [-0.15, -0.1) is 0 Å². The molecule has 15 heavy (non-hydrogen) atoms. The molecule has 0 saturated carbocycles.